The third-order valence-corrected chi connectivity index (χ3v) is 3.52. The highest BCUT2D eigenvalue weighted by Crippen LogP contribution is 2.35. The molecule has 100 valence electrons. The van der Waals surface area contributed by atoms with Gasteiger partial charge in [0, 0.05) is 5.02 Å². The molecule has 0 spiro atoms. The molecule has 2 aromatic rings. The largest absolute Gasteiger partial charge is 0.416 e. The summed E-state index contributed by atoms with van der Waals surface area (Å²) in [6.45, 7) is 3.53. The van der Waals surface area contributed by atoms with Crippen LogP contribution in [-0.2, 0) is 6.18 Å². The molecule has 0 nitrogen and oxygen atoms in total. The first-order valence-corrected chi connectivity index (χ1v) is 6.12. The number of halogens is 4. The van der Waals surface area contributed by atoms with Gasteiger partial charge in [-0.25, -0.2) is 0 Å². The molecule has 0 aliphatic rings. The third-order valence-electron chi connectivity index (χ3n) is 3.11. The molecule has 0 amide bonds. The molecule has 0 unspecified atom stereocenters. The predicted molar refractivity (Wildman–Crippen MR) is 71.4 cm³/mol. The van der Waals surface area contributed by atoms with Gasteiger partial charge in [0.2, 0.25) is 0 Å². The molecule has 0 heterocycles. The summed E-state index contributed by atoms with van der Waals surface area (Å²) in [4.78, 5) is 0. The molecular formula is C15H12ClF3. The molecule has 0 radical (unpaired) electrons. The van der Waals surface area contributed by atoms with Crippen molar-refractivity contribution in [2.45, 2.75) is 20.0 Å². The van der Waals surface area contributed by atoms with Crippen molar-refractivity contribution in [3.05, 3.63) is 58.1 Å². The van der Waals surface area contributed by atoms with Crippen molar-refractivity contribution >= 4 is 11.6 Å². The minimum Gasteiger partial charge on any atom is -0.166 e. The van der Waals surface area contributed by atoms with Gasteiger partial charge in [0.05, 0.1) is 5.56 Å². The van der Waals surface area contributed by atoms with Crippen molar-refractivity contribution in [1.82, 2.24) is 0 Å². The van der Waals surface area contributed by atoms with Gasteiger partial charge in [-0.3, -0.25) is 0 Å². The number of hydrogen-bond acceptors (Lipinski definition) is 0. The van der Waals surface area contributed by atoms with Crippen LogP contribution < -0.4 is 0 Å². The fraction of sp³-hybridized carbons (Fsp3) is 0.200. The van der Waals surface area contributed by atoms with E-state index in [9.17, 15) is 13.2 Å². The van der Waals surface area contributed by atoms with Gasteiger partial charge in [0.25, 0.3) is 0 Å². The second kappa shape index (κ2) is 4.89. The monoisotopic (exact) mass is 284 g/mol. The summed E-state index contributed by atoms with van der Waals surface area (Å²) in [6, 6.07) is 9.17. The number of aryl methyl sites for hydroxylation is 1. The van der Waals surface area contributed by atoms with Gasteiger partial charge in [0.1, 0.15) is 0 Å². The molecule has 0 fully saturated rings. The van der Waals surface area contributed by atoms with Crippen molar-refractivity contribution in [3.8, 4) is 11.1 Å². The van der Waals surface area contributed by atoms with Gasteiger partial charge < -0.3 is 0 Å². The number of hydrogen-bond donors (Lipinski definition) is 0. The standard InChI is InChI=1S/C15H12ClF3/c1-9-8-11(15(17,18)19)6-7-12(9)13-4-3-5-14(16)10(13)2/h3-8H,1-2H3. The summed E-state index contributed by atoms with van der Waals surface area (Å²) in [5, 5.41) is 0.608. The molecule has 2 aromatic carbocycles. The number of alkyl halides is 3. The fourth-order valence-corrected chi connectivity index (χ4v) is 2.22. The van der Waals surface area contributed by atoms with E-state index in [0.29, 0.717) is 10.6 Å². The Morgan fingerprint density at radius 1 is 0.947 bits per heavy atom. The highest BCUT2D eigenvalue weighted by atomic mass is 35.5. The maximum absolute atomic E-state index is 12.6. The molecule has 0 aromatic heterocycles. The second-order valence-electron chi connectivity index (χ2n) is 4.44. The minimum absolute atomic E-state index is 0.584. The molecule has 0 aliphatic heterocycles. The van der Waals surface area contributed by atoms with Gasteiger partial charge in [-0.2, -0.15) is 13.2 Å². The van der Waals surface area contributed by atoms with E-state index in [0.717, 1.165) is 28.8 Å². The molecule has 0 atom stereocenters. The van der Waals surface area contributed by atoms with Crippen LogP contribution >= 0.6 is 11.6 Å². The van der Waals surface area contributed by atoms with Crippen LogP contribution in [0.2, 0.25) is 5.02 Å². The summed E-state index contributed by atoms with van der Waals surface area (Å²) in [6.07, 6.45) is -4.31. The van der Waals surface area contributed by atoms with Crippen LogP contribution in [0, 0.1) is 13.8 Å². The third kappa shape index (κ3) is 2.76. The van der Waals surface area contributed by atoms with Crippen LogP contribution in [0.3, 0.4) is 0 Å². The van der Waals surface area contributed by atoms with Crippen LogP contribution in [-0.4, -0.2) is 0 Å². The Balaban J connectivity index is 2.56. The summed E-state index contributed by atoms with van der Waals surface area (Å²) in [5.41, 5.74) is 2.45. The Kier molecular flexibility index (Phi) is 3.59. The van der Waals surface area contributed by atoms with E-state index < -0.39 is 11.7 Å². The molecular weight excluding hydrogens is 273 g/mol. The van der Waals surface area contributed by atoms with E-state index in [4.69, 9.17) is 11.6 Å². The molecule has 2 rings (SSSR count). The molecule has 0 bridgehead atoms. The van der Waals surface area contributed by atoms with Crippen molar-refractivity contribution in [1.29, 1.82) is 0 Å². The number of rotatable bonds is 1. The van der Waals surface area contributed by atoms with E-state index in [-0.39, 0.29) is 0 Å². The molecule has 0 aliphatic carbocycles. The Morgan fingerprint density at radius 3 is 2.21 bits per heavy atom. The van der Waals surface area contributed by atoms with Crippen molar-refractivity contribution in [3.63, 3.8) is 0 Å². The lowest BCUT2D eigenvalue weighted by molar-refractivity contribution is -0.137. The zero-order valence-electron chi connectivity index (χ0n) is 10.5. The maximum Gasteiger partial charge on any atom is 0.416 e. The smallest absolute Gasteiger partial charge is 0.166 e. The Morgan fingerprint density at radius 2 is 1.63 bits per heavy atom. The van der Waals surface area contributed by atoms with Gasteiger partial charge in [-0.15, -0.1) is 0 Å². The topological polar surface area (TPSA) is 0 Å². The normalized spacial score (nSPS) is 11.7. The van der Waals surface area contributed by atoms with Crippen LogP contribution in [0.1, 0.15) is 16.7 Å². The molecule has 0 saturated heterocycles. The van der Waals surface area contributed by atoms with Gasteiger partial charge in [-0.1, -0.05) is 29.8 Å². The summed E-state index contributed by atoms with van der Waals surface area (Å²) < 4.78 is 37.9. The predicted octanol–water partition coefficient (Wildman–Crippen LogP) is 5.64. The zero-order chi connectivity index (χ0) is 14.2. The number of benzene rings is 2. The summed E-state index contributed by atoms with van der Waals surface area (Å²) in [5.74, 6) is 0. The van der Waals surface area contributed by atoms with Crippen molar-refractivity contribution < 1.29 is 13.2 Å². The van der Waals surface area contributed by atoms with Gasteiger partial charge in [-0.05, 0) is 54.3 Å². The van der Waals surface area contributed by atoms with Crippen molar-refractivity contribution in [2.75, 3.05) is 0 Å². The molecule has 0 N–H and O–H groups in total. The first-order valence-electron chi connectivity index (χ1n) is 5.74. The lowest BCUT2D eigenvalue weighted by atomic mass is 9.95. The quantitative estimate of drug-likeness (QED) is 0.635. The Bertz CT molecular complexity index is 615. The zero-order valence-corrected chi connectivity index (χ0v) is 11.2. The highest BCUT2D eigenvalue weighted by molar-refractivity contribution is 6.31. The Labute approximate surface area is 114 Å². The summed E-state index contributed by atoms with van der Waals surface area (Å²) >= 11 is 6.04. The summed E-state index contributed by atoms with van der Waals surface area (Å²) in [7, 11) is 0. The molecule has 19 heavy (non-hydrogen) atoms. The van der Waals surface area contributed by atoms with E-state index in [1.807, 2.05) is 13.0 Å². The van der Waals surface area contributed by atoms with Crippen molar-refractivity contribution in [2.24, 2.45) is 0 Å². The first-order chi connectivity index (χ1) is 8.80. The van der Waals surface area contributed by atoms with Crippen LogP contribution in [0.25, 0.3) is 11.1 Å². The highest BCUT2D eigenvalue weighted by Gasteiger charge is 2.30. The van der Waals surface area contributed by atoms with E-state index in [2.05, 4.69) is 0 Å². The maximum atomic E-state index is 12.6. The fourth-order valence-electron chi connectivity index (χ4n) is 2.04. The second-order valence-corrected chi connectivity index (χ2v) is 4.85. The first kappa shape index (κ1) is 13.9. The SMILES string of the molecule is Cc1cc(C(F)(F)F)ccc1-c1cccc(Cl)c1C. The lowest BCUT2D eigenvalue weighted by Gasteiger charge is -2.13. The molecule has 0 saturated carbocycles. The van der Waals surface area contributed by atoms with Gasteiger partial charge in [0.15, 0.2) is 0 Å². The van der Waals surface area contributed by atoms with Crippen LogP contribution in [0.5, 0.6) is 0 Å². The average Bonchev–Trinajstić information content (AvgIpc) is 2.32. The minimum atomic E-state index is -4.31. The van der Waals surface area contributed by atoms with Gasteiger partial charge >= 0.3 is 6.18 Å². The molecule has 4 heteroatoms. The van der Waals surface area contributed by atoms with E-state index in [1.54, 1.807) is 19.1 Å². The van der Waals surface area contributed by atoms with E-state index >= 15 is 0 Å². The van der Waals surface area contributed by atoms with Crippen LogP contribution in [0.4, 0.5) is 13.2 Å². The lowest BCUT2D eigenvalue weighted by Crippen LogP contribution is -2.05. The van der Waals surface area contributed by atoms with E-state index in [1.165, 1.54) is 6.07 Å². The average molecular weight is 285 g/mol. The Hall–Kier alpha value is -1.48. The van der Waals surface area contributed by atoms with Crippen LogP contribution in [0.15, 0.2) is 36.4 Å².